The lowest BCUT2D eigenvalue weighted by Gasteiger charge is -2.10. The van der Waals surface area contributed by atoms with Crippen LogP contribution in [0, 0.1) is 0 Å². The smallest absolute Gasteiger partial charge is 0.119 e. The Bertz CT molecular complexity index is 1360. The molecule has 0 spiro atoms. The molecule has 0 saturated carbocycles. The number of ether oxygens (including phenoxy) is 1. The molecule has 0 saturated heterocycles. The summed E-state index contributed by atoms with van der Waals surface area (Å²) in [6.45, 7) is 3.09. The molecule has 4 aromatic carbocycles. The highest BCUT2D eigenvalue weighted by Crippen LogP contribution is 2.32. The molecule has 2 heteroatoms. The van der Waals surface area contributed by atoms with Crippen LogP contribution in [0.5, 0.6) is 5.75 Å². The average molecular weight is 504 g/mol. The van der Waals surface area contributed by atoms with E-state index in [1.807, 2.05) is 0 Å². The lowest BCUT2D eigenvalue weighted by molar-refractivity contribution is 0.304. The molecule has 0 atom stereocenters. The molecule has 0 unspecified atom stereocenters. The van der Waals surface area contributed by atoms with Gasteiger partial charge in [0.05, 0.1) is 17.6 Å². The molecule has 196 valence electrons. The minimum Gasteiger partial charge on any atom is -0.494 e. The van der Waals surface area contributed by atoms with Crippen LogP contribution in [0.3, 0.4) is 0 Å². The predicted molar refractivity (Wildman–Crippen MR) is 164 cm³/mol. The minimum absolute atomic E-state index is 0.809. The number of para-hydroxylation sites is 2. The van der Waals surface area contributed by atoms with Crippen LogP contribution in [-0.4, -0.2) is 11.2 Å². The van der Waals surface area contributed by atoms with Gasteiger partial charge >= 0.3 is 0 Å². The van der Waals surface area contributed by atoms with Crippen molar-refractivity contribution in [1.29, 1.82) is 0 Å². The first-order valence-corrected chi connectivity index (χ1v) is 14.7. The summed E-state index contributed by atoms with van der Waals surface area (Å²) in [6, 6.07) is 34.7. The minimum atomic E-state index is 0.809. The Balaban J connectivity index is 1.13. The molecular formula is C36H41NO. The molecule has 5 rings (SSSR count). The monoisotopic (exact) mass is 503 g/mol. The van der Waals surface area contributed by atoms with E-state index in [1.54, 1.807) is 0 Å². The summed E-state index contributed by atoms with van der Waals surface area (Å²) in [7, 11) is 0. The average Bonchev–Trinajstić information content (AvgIpc) is 3.31. The molecule has 0 N–H and O–H groups in total. The summed E-state index contributed by atoms with van der Waals surface area (Å²) in [5.41, 5.74) is 6.10. The molecular weight excluding hydrogens is 462 g/mol. The Hall–Kier alpha value is -3.52. The molecule has 1 aromatic heterocycles. The first-order chi connectivity index (χ1) is 18.8. The summed E-state index contributed by atoms with van der Waals surface area (Å²) >= 11 is 0. The molecule has 38 heavy (non-hydrogen) atoms. The van der Waals surface area contributed by atoms with E-state index in [2.05, 4.69) is 109 Å². The van der Waals surface area contributed by atoms with Crippen molar-refractivity contribution < 1.29 is 4.74 Å². The fourth-order valence-electron chi connectivity index (χ4n) is 5.53. The lowest BCUT2D eigenvalue weighted by Crippen LogP contribution is -1.97. The zero-order valence-electron chi connectivity index (χ0n) is 22.9. The van der Waals surface area contributed by atoms with E-state index in [0.29, 0.717) is 0 Å². The maximum absolute atomic E-state index is 6.02. The van der Waals surface area contributed by atoms with Gasteiger partial charge in [0.1, 0.15) is 5.75 Å². The Labute approximate surface area is 228 Å². The van der Waals surface area contributed by atoms with Crippen molar-refractivity contribution in [3.8, 4) is 22.6 Å². The number of aromatic nitrogens is 1. The molecule has 0 radical (unpaired) electrons. The number of hydrogen-bond acceptors (Lipinski definition) is 1. The number of hydrogen-bond donors (Lipinski definition) is 0. The zero-order valence-corrected chi connectivity index (χ0v) is 22.9. The van der Waals surface area contributed by atoms with E-state index in [0.717, 1.165) is 18.8 Å². The van der Waals surface area contributed by atoms with Crippen molar-refractivity contribution in [1.82, 2.24) is 4.57 Å². The fraction of sp³-hybridized carbons (Fsp3) is 0.333. The van der Waals surface area contributed by atoms with E-state index in [1.165, 1.54) is 96.4 Å². The maximum atomic E-state index is 6.02. The number of benzene rings is 4. The quantitative estimate of drug-likeness (QED) is 0.137. The lowest BCUT2D eigenvalue weighted by atomic mass is 10.1. The first kappa shape index (κ1) is 26.1. The van der Waals surface area contributed by atoms with Crippen molar-refractivity contribution in [2.75, 3.05) is 6.61 Å². The van der Waals surface area contributed by atoms with Gasteiger partial charge in [-0.15, -0.1) is 0 Å². The van der Waals surface area contributed by atoms with Crippen molar-refractivity contribution in [2.24, 2.45) is 0 Å². The van der Waals surface area contributed by atoms with E-state index >= 15 is 0 Å². The second kappa shape index (κ2) is 13.3. The van der Waals surface area contributed by atoms with Crippen molar-refractivity contribution >= 4 is 21.8 Å². The number of fused-ring (bicyclic) bond motifs is 3. The standard InChI is InChI=1S/C36H41NO/c1-2-3-4-5-6-7-8-9-10-15-28-38-32-26-22-30(23-27-32)29-20-24-31(25-21-29)37-35-18-13-11-16-33(35)34-17-12-14-19-36(34)37/h11-14,16-27H,2-10,15,28H2,1H3. The second-order valence-electron chi connectivity index (χ2n) is 10.5. The van der Waals surface area contributed by atoms with Gasteiger partial charge in [-0.1, -0.05) is 125 Å². The van der Waals surface area contributed by atoms with Crippen LogP contribution < -0.4 is 4.74 Å². The van der Waals surface area contributed by atoms with E-state index in [9.17, 15) is 0 Å². The largest absolute Gasteiger partial charge is 0.494 e. The van der Waals surface area contributed by atoms with Crippen molar-refractivity contribution in [2.45, 2.75) is 71.1 Å². The van der Waals surface area contributed by atoms with Crippen LogP contribution in [0.4, 0.5) is 0 Å². The van der Waals surface area contributed by atoms with E-state index < -0.39 is 0 Å². The molecule has 0 amide bonds. The molecule has 0 aliphatic rings. The molecule has 0 fully saturated rings. The van der Waals surface area contributed by atoms with Gasteiger partial charge in [-0.2, -0.15) is 0 Å². The maximum Gasteiger partial charge on any atom is 0.119 e. The van der Waals surface area contributed by atoms with Crippen LogP contribution in [-0.2, 0) is 0 Å². The molecule has 0 aliphatic carbocycles. The van der Waals surface area contributed by atoms with Crippen molar-refractivity contribution in [3.63, 3.8) is 0 Å². The highest BCUT2D eigenvalue weighted by Gasteiger charge is 2.11. The Kier molecular flexibility index (Phi) is 9.15. The summed E-state index contributed by atoms with van der Waals surface area (Å²) < 4.78 is 8.38. The summed E-state index contributed by atoms with van der Waals surface area (Å²) in [5.74, 6) is 0.964. The summed E-state index contributed by atoms with van der Waals surface area (Å²) in [5, 5.41) is 2.58. The third-order valence-electron chi connectivity index (χ3n) is 7.66. The zero-order chi connectivity index (χ0) is 26.0. The van der Waals surface area contributed by atoms with Gasteiger partial charge in [0.25, 0.3) is 0 Å². The first-order valence-electron chi connectivity index (χ1n) is 14.7. The highest BCUT2D eigenvalue weighted by molar-refractivity contribution is 6.09. The normalized spacial score (nSPS) is 11.4. The molecule has 0 bridgehead atoms. The Morgan fingerprint density at radius 1 is 0.500 bits per heavy atom. The third-order valence-corrected chi connectivity index (χ3v) is 7.66. The second-order valence-corrected chi connectivity index (χ2v) is 10.5. The van der Waals surface area contributed by atoms with Gasteiger partial charge in [-0.05, 0) is 53.9 Å². The van der Waals surface area contributed by atoms with E-state index in [4.69, 9.17) is 4.74 Å². The topological polar surface area (TPSA) is 14.2 Å². The van der Waals surface area contributed by atoms with Gasteiger partial charge < -0.3 is 9.30 Å². The van der Waals surface area contributed by atoms with Gasteiger partial charge in [0.2, 0.25) is 0 Å². The van der Waals surface area contributed by atoms with Gasteiger partial charge in [0, 0.05) is 16.5 Å². The summed E-state index contributed by atoms with van der Waals surface area (Å²) in [6.07, 6.45) is 13.5. The third kappa shape index (κ3) is 6.30. The SMILES string of the molecule is CCCCCCCCCCCCOc1ccc(-c2ccc(-n3c4ccccc4c4ccccc43)cc2)cc1. The van der Waals surface area contributed by atoms with E-state index in [-0.39, 0.29) is 0 Å². The fourth-order valence-corrected chi connectivity index (χ4v) is 5.53. The van der Waals surface area contributed by atoms with Crippen LogP contribution in [0.1, 0.15) is 71.1 Å². The number of rotatable bonds is 14. The molecule has 1 heterocycles. The summed E-state index contributed by atoms with van der Waals surface area (Å²) in [4.78, 5) is 0. The molecule has 5 aromatic rings. The number of nitrogens with zero attached hydrogens (tertiary/aromatic N) is 1. The van der Waals surface area contributed by atoms with Crippen LogP contribution in [0.15, 0.2) is 97.1 Å². The predicted octanol–water partition coefficient (Wildman–Crippen LogP) is 10.8. The van der Waals surface area contributed by atoms with Crippen LogP contribution in [0.2, 0.25) is 0 Å². The number of unbranched alkanes of at least 4 members (excludes halogenated alkanes) is 9. The van der Waals surface area contributed by atoms with Crippen molar-refractivity contribution in [3.05, 3.63) is 97.1 Å². The van der Waals surface area contributed by atoms with Gasteiger partial charge in [-0.3, -0.25) is 0 Å². The van der Waals surface area contributed by atoms with Crippen LogP contribution in [0.25, 0.3) is 38.6 Å². The molecule has 0 aliphatic heterocycles. The molecule has 2 nitrogen and oxygen atoms in total. The Morgan fingerprint density at radius 3 is 1.53 bits per heavy atom. The Morgan fingerprint density at radius 2 is 0.974 bits per heavy atom. The van der Waals surface area contributed by atoms with Gasteiger partial charge in [-0.25, -0.2) is 0 Å². The highest BCUT2D eigenvalue weighted by atomic mass is 16.5. The van der Waals surface area contributed by atoms with Gasteiger partial charge in [0.15, 0.2) is 0 Å². The van der Waals surface area contributed by atoms with Crippen LogP contribution >= 0.6 is 0 Å².